The van der Waals surface area contributed by atoms with Crippen molar-refractivity contribution in [1.29, 1.82) is 0 Å². The number of ether oxygens (including phenoxy) is 2. The number of rotatable bonds is 18. The lowest BCUT2D eigenvalue weighted by atomic mass is 9.69. The molecule has 2 rings (SSSR count). The van der Waals surface area contributed by atoms with Gasteiger partial charge in [-0.05, 0) is 68.6 Å². The van der Waals surface area contributed by atoms with Gasteiger partial charge in [0.15, 0.2) is 0 Å². The second-order valence-corrected chi connectivity index (χ2v) is 12.3. The molecule has 0 aliphatic heterocycles. The Bertz CT molecular complexity index is 869. The molecule has 0 saturated heterocycles. The third-order valence-corrected chi connectivity index (χ3v) is 7.62. The maximum Gasteiger partial charge on any atom is 0.121 e. The van der Waals surface area contributed by atoms with Crippen LogP contribution in [0.4, 0.5) is 5.69 Å². The topological polar surface area (TPSA) is 44.5 Å². The summed E-state index contributed by atoms with van der Waals surface area (Å²) in [6, 6.07) is 16.3. The van der Waals surface area contributed by atoms with Crippen LogP contribution in [0.15, 0.2) is 48.5 Å². The van der Waals surface area contributed by atoms with Crippen LogP contribution >= 0.6 is 0 Å². The van der Waals surface area contributed by atoms with Gasteiger partial charge in [-0.3, -0.25) is 0 Å². The minimum Gasteiger partial charge on any atom is -0.494 e. The maximum atomic E-state index is 6.51. The lowest BCUT2D eigenvalue weighted by molar-refractivity contribution is -0.0962. The van der Waals surface area contributed by atoms with Crippen LogP contribution in [0.5, 0.6) is 5.75 Å². The molecule has 0 saturated carbocycles. The van der Waals surface area contributed by atoms with E-state index in [9.17, 15) is 0 Å². The van der Waals surface area contributed by atoms with Crippen LogP contribution in [0.3, 0.4) is 0 Å². The number of anilines is 1. The number of hydrogen-bond donors (Lipinski definition) is 1. The molecule has 0 aliphatic carbocycles. The molecular weight excluding hydrogens is 454 g/mol. The molecule has 0 radical (unpaired) electrons. The Morgan fingerprint density at radius 3 is 2.00 bits per heavy atom. The van der Waals surface area contributed by atoms with Gasteiger partial charge < -0.3 is 15.2 Å². The predicted octanol–water partition coefficient (Wildman–Crippen LogP) is 10.1. The van der Waals surface area contributed by atoms with Crippen molar-refractivity contribution in [3.8, 4) is 16.9 Å². The van der Waals surface area contributed by atoms with Gasteiger partial charge in [0, 0.05) is 23.9 Å². The Morgan fingerprint density at radius 1 is 0.730 bits per heavy atom. The van der Waals surface area contributed by atoms with E-state index in [2.05, 4.69) is 59.7 Å². The molecule has 0 spiro atoms. The maximum absolute atomic E-state index is 6.51. The highest BCUT2D eigenvalue weighted by Gasteiger charge is 2.38. The summed E-state index contributed by atoms with van der Waals surface area (Å²) in [5, 5.41) is 0. The molecule has 0 bridgehead atoms. The van der Waals surface area contributed by atoms with E-state index in [1.807, 2.05) is 30.3 Å². The zero-order valence-electron chi connectivity index (χ0n) is 24.8. The first-order valence-corrected chi connectivity index (χ1v) is 14.9. The minimum atomic E-state index is -0.0867. The molecule has 3 heteroatoms. The Kier molecular flexibility index (Phi) is 13.6. The molecule has 0 aliphatic rings. The number of unbranched alkanes of at least 4 members (excludes halogenated alkanes) is 8. The molecule has 0 heterocycles. The van der Waals surface area contributed by atoms with Crippen molar-refractivity contribution in [3.63, 3.8) is 0 Å². The van der Waals surface area contributed by atoms with Gasteiger partial charge >= 0.3 is 0 Å². The van der Waals surface area contributed by atoms with E-state index in [0.717, 1.165) is 55.0 Å². The molecule has 2 aromatic carbocycles. The van der Waals surface area contributed by atoms with Gasteiger partial charge in [-0.25, -0.2) is 0 Å². The van der Waals surface area contributed by atoms with Crippen molar-refractivity contribution >= 4 is 5.69 Å². The van der Waals surface area contributed by atoms with Crippen molar-refractivity contribution in [3.05, 3.63) is 48.5 Å². The largest absolute Gasteiger partial charge is 0.494 e. The van der Waals surface area contributed by atoms with Crippen molar-refractivity contribution in [2.24, 2.45) is 11.3 Å². The van der Waals surface area contributed by atoms with Crippen LogP contribution in [-0.2, 0) is 4.74 Å². The second-order valence-electron chi connectivity index (χ2n) is 12.3. The van der Waals surface area contributed by atoms with E-state index in [-0.39, 0.29) is 11.0 Å². The van der Waals surface area contributed by atoms with E-state index < -0.39 is 0 Å². The molecule has 1 unspecified atom stereocenters. The smallest absolute Gasteiger partial charge is 0.121 e. The zero-order chi connectivity index (χ0) is 27.2. The summed E-state index contributed by atoms with van der Waals surface area (Å²) < 4.78 is 12.5. The average Bonchev–Trinajstić information content (AvgIpc) is 2.84. The summed E-state index contributed by atoms with van der Waals surface area (Å²) in [6.45, 7) is 15.6. The third-order valence-electron chi connectivity index (χ3n) is 7.62. The quantitative estimate of drug-likeness (QED) is 0.161. The fourth-order valence-corrected chi connectivity index (χ4v) is 5.65. The van der Waals surface area contributed by atoms with Gasteiger partial charge in [-0.15, -0.1) is 0 Å². The minimum absolute atomic E-state index is 0.0867. The monoisotopic (exact) mass is 509 g/mol. The summed E-state index contributed by atoms with van der Waals surface area (Å²) in [5.41, 5.74) is 9.39. The zero-order valence-corrected chi connectivity index (χ0v) is 24.8. The average molecular weight is 510 g/mol. The van der Waals surface area contributed by atoms with Gasteiger partial charge in [0.05, 0.1) is 12.2 Å². The Balaban J connectivity index is 1.64. The highest BCUT2D eigenvalue weighted by atomic mass is 16.5. The van der Waals surface area contributed by atoms with E-state index in [1.165, 1.54) is 51.4 Å². The van der Waals surface area contributed by atoms with Gasteiger partial charge in [0.1, 0.15) is 5.75 Å². The summed E-state index contributed by atoms with van der Waals surface area (Å²) in [4.78, 5) is 0. The van der Waals surface area contributed by atoms with Gasteiger partial charge in [0.25, 0.3) is 0 Å². The second kappa shape index (κ2) is 16.1. The van der Waals surface area contributed by atoms with Crippen LogP contribution in [0.25, 0.3) is 11.1 Å². The van der Waals surface area contributed by atoms with Crippen LogP contribution < -0.4 is 10.5 Å². The predicted molar refractivity (Wildman–Crippen MR) is 161 cm³/mol. The normalized spacial score (nSPS) is 13.0. The summed E-state index contributed by atoms with van der Waals surface area (Å²) >= 11 is 0. The highest BCUT2D eigenvalue weighted by Crippen LogP contribution is 2.40. The highest BCUT2D eigenvalue weighted by molar-refractivity contribution is 5.77. The Morgan fingerprint density at radius 2 is 1.35 bits per heavy atom. The molecule has 0 amide bonds. The van der Waals surface area contributed by atoms with Crippen LogP contribution in [0.1, 0.15) is 112 Å². The summed E-state index contributed by atoms with van der Waals surface area (Å²) in [7, 11) is 0. The molecule has 0 aromatic heterocycles. The molecule has 1 atom stereocenters. The first-order valence-electron chi connectivity index (χ1n) is 14.9. The van der Waals surface area contributed by atoms with E-state index in [0.29, 0.717) is 5.92 Å². The SMILES string of the molecule is CCCCCCCCC(C(C)(C)C)C(C)(C)OCCCCCCOc1ccc(-c2ccccc2)c(N)c1. The molecule has 208 valence electrons. The molecule has 3 nitrogen and oxygen atoms in total. The third kappa shape index (κ3) is 11.5. The van der Waals surface area contributed by atoms with E-state index >= 15 is 0 Å². The lowest BCUT2D eigenvalue weighted by Crippen LogP contribution is -2.42. The molecule has 37 heavy (non-hydrogen) atoms. The molecule has 2 aromatic rings. The fraction of sp³-hybridized carbons (Fsp3) is 0.647. The lowest BCUT2D eigenvalue weighted by Gasteiger charge is -2.43. The fourth-order valence-electron chi connectivity index (χ4n) is 5.65. The van der Waals surface area contributed by atoms with Crippen molar-refractivity contribution in [1.82, 2.24) is 0 Å². The number of benzene rings is 2. The van der Waals surface area contributed by atoms with Crippen molar-refractivity contribution in [2.45, 2.75) is 118 Å². The Hall–Kier alpha value is -2.00. The summed E-state index contributed by atoms with van der Waals surface area (Å²) in [5.74, 6) is 1.42. The van der Waals surface area contributed by atoms with Crippen molar-refractivity contribution in [2.75, 3.05) is 18.9 Å². The molecule has 0 fully saturated rings. The number of nitrogen functional groups attached to an aromatic ring is 1. The van der Waals surface area contributed by atoms with E-state index in [4.69, 9.17) is 15.2 Å². The number of hydrogen-bond acceptors (Lipinski definition) is 3. The van der Waals surface area contributed by atoms with Crippen LogP contribution in [-0.4, -0.2) is 18.8 Å². The van der Waals surface area contributed by atoms with Gasteiger partial charge in [0.2, 0.25) is 0 Å². The number of nitrogens with two attached hydrogens (primary N) is 1. The molecule has 2 N–H and O–H groups in total. The summed E-state index contributed by atoms with van der Waals surface area (Å²) in [6.07, 6.45) is 13.9. The van der Waals surface area contributed by atoms with E-state index in [1.54, 1.807) is 0 Å². The van der Waals surface area contributed by atoms with Crippen LogP contribution in [0.2, 0.25) is 0 Å². The Labute approximate surface area is 228 Å². The first-order chi connectivity index (χ1) is 17.6. The molecular formula is C34H55NO2. The first kappa shape index (κ1) is 31.2. The standard InChI is InChI=1S/C34H55NO2/c1-7-8-9-10-11-17-22-32(33(2,3)4)34(5,6)37-26-19-13-12-18-25-36-29-23-24-30(31(35)27-29)28-20-15-14-16-21-28/h14-16,20-21,23-24,27,32H,7-13,17-19,22,25-26,35H2,1-6H3. The van der Waals surface area contributed by atoms with Gasteiger partial charge in [-0.1, -0.05) is 103 Å². The van der Waals surface area contributed by atoms with Crippen molar-refractivity contribution < 1.29 is 9.47 Å². The van der Waals surface area contributed by atoms with Crippen LogP contribution in [0, 0.1) is 11.3 Å². The van der Waals surface area contributed by atoms with Gasteiger partial charge in [-0.2, -0.15) is 0 Å².